The van der Waals surface area contributed by atoms with Crippen LogP contribution in [-0.4, -0.2) is 30.5 Å². The van der Waals surface area contributed by atoms with Crippen molar-refractivity contribution in [1.82, 2.24) is 0 Å². The maximum absolute atomic E-state index is 13.6. The van der Waals surface area contributed by atoms with Gasteiger partial charge < -0.3 is 9.84 Å². The highest BCUT2D eigenvalue weighted by Crippen LogP contribution is 2.49. The first-order valence-corrected chi connectivity index (χ1v) is 11.6. The van der Waals surface area contributed by atoms with Crippen LogP contribution in [-0.2, 0) is 23.3 Å². The van der Waals surface area contributed by atoms with Crippen molar-refractivity contribution in [2.45, 2.75) is 63.1 Å². The molecular formula is C25H24F9NO3. The zero-order chi connectivity index (χ0) is 28.6. The minimum atomic E-state index is -5.16. The number of carbonyl (C=O) groups is 1. The summed E-state index contributed by atoms with van der Waals surface area (Å²) in [6, 6.07) is 2.59. The van der Waals surface area contributed by atoms with Gasteiger partial charge in [0.2, 0.25) is 0 Å². The molecule has 13 heteroatoms. The molecule has 0 saturated carbocycles. The summed E-state index contributed by atoms with van der Waals surface area (Å²) < 4.78 is 127. The quantitative estimate of drug-likeness (QED) is 0.383. The van der Waals surface area contributed by atoms with Crippen molar-refractivity contribution in [3.8, 4) is 0 Å². The van der Waals surface area contributed by atoms with Crippen LogP contribution in [0.3, 0.4) is 0 Å². The van der Waals surface area contributed by atoms with Gasteiger partial charge in [-0.15, -0.1) is 0 Å². The summed E-state index contributed by atoms with van der Waals surface area (Å²) in [7, 11) is 0. The number of benzene rings is 2. The number of aliphatic hydroxyl groups excluding tert-OH is 1. The molecule has 0 fully saturated rings. The van der Waals surface area contributed by atoms with Gasteiger partial charge in [-0.05, 0) is 73.2 Å². The predicted molar refractivity (Wildman–Crippen MR) is 119 cm³/mol. The summed E-state index contributed by atoms with van der Waals surface area (Å²) in [5, 5.41) is 10.2. The smallest absolute Gasteiger partial charge is 0.416 e. The van der Waals surface area contributed by atoms with E-state index in [0.29, 0.717) is 18.2 Å². The van der Waals surface area contributed by atoms with Crippen molar-refractivity contribution < 1.29 is 54.2 Å². The standard InChI is InChI=1S/C25H24F9NO3/c1-3-17-11-18(19-10-14(23(26,27)28)5-6-21(19)35(17)22(37)38-4-2)20(12-36)13-7-15(24(29,30)31)9-16(8-13)25(32,33)34/h5-10,17-18,20,36H,3-4,11-12H2,1-2H3/t17-,18?,20?/m0/s1. The largest absolute Gasteiger partial charge is 0.449 e. The fourth-order valence-corrected chi connectivity index (χ4v) is 4.80. The molecule has 210 valence electrons. The van der Waals surface area contributed by atoms with Gasteiger partial charge in [0.1, 0.15) is 0 Å². The first-order chi connectivity index (χ1) is 17.5. The number of halogens is 9. The molecule has 0 saturated heterocycles. The Morgan fingerprint density at radius 2 is 1.47 bits per heavy atom. The molecule has 1 N–H and O–H groups in total. The van der Waals surface area contributed by atoms with Crippen LogP contribution in [0.4, 0.5) is 50.0 Å². The Morgan fingerprint density at radius 1 is 0.921 bits per heavy atom. The lowest BCUT2D eigenvalue weighted by Crippen LogP contribution is -2.46. The Bertz CT molecular complexity index is 1130. The number of rotatable bonds is 5. The summed E-state index contributed by atoms with van der Waals surface area (Å²) >= 11 is 0. The van der Waals surface area contributed by atoms with Crippen molar-refractivity contribution in [3.05, 3.63) is 64.2 Å². The molecule has 0 aromatic heterocycles. The van der Waals surface area contributed by atoms with E-state index in [1.807, 2.05) is 0 Å². The second-order valence-corrected chi connectivity index (χ2v) is 8.87. The third-order valence-electron chi connectivity index (χ3n) is 6.56. The maximum Gasteiger partial charge on any atom is 0.416 e. The van der Waals surface area contributed by atoms with Crippen LogP contribution in [0.5, 0.6) is 0 Å². The average Bonchev–Trinajstić information content (AvgIpc) is 2.82. The minimum Gasteiger partial charge on any atom is -0.449 e. The number of fused-ring (bicyclic) bond motifs is 1. The van der Waals surface area contributed by atoms with Crippen LogP contribution < -0.4 is 4.90 Å². The van der Waals surface area contributed by atoms with Crippen molar-refractivity contribution >= 4 is 11.8 Å². The predicted octanol–water partition coefficient (Wildman–Crippen LogP) is 7.75. The van der Waals surface area contributed by atoms with Gasteiger partial charge in [-0.3, -0.25) is 4.90 Å². The fourth-order valence-electron chi connectivity index (χ4n) is 4.80. The molecule has 2 aromatic carbocycles. The number of aliphatic hydroxyl groups is 1. The SMILES string of the molecule is CCOC(=O)N1c2ccc(C(F)(F)F)cc2C(C(CO)c2cc(C(F)(F)F)cc(C(F)(F)F)c2)C[C@@H]1CC. The van der Waals surface area contributed by atoms with Crippen molar-refractivity contribution in [2.24, 2.45) is 0 Å². The number of alkyl halides is 9. The molecule has 3 atom stereocenters. The van der Waals surface area contributed by atoms with E-state index in [9.17, 15) is 49.4 Å². The molecule has 1 heterocycles. The zero-order valence-corrected chi connectivity index (χ0v) is 20.1. The first-order valence-electron chi connectivity index (χ1n) is 11.6. The Hall–Kier alpha value is -2.96. The van der Waals surface area contributed by atoms with E-state index < -0.39 is 71.4 Å². The summed E-state index contributed by atoms with van der Waals surface area (Å²) in [6.07, 6.45) is -15.9. The van der Waals surface area contributed by atoms with Gasteiger partial charge in [0, 0.05) is 12.0 Å². The Kier molecular flexibility index (Phi) is 8.30. The van der Waals surface area contributed by atoms with Crippen LogP contribution >= 0.6 is 0 Å². The Labute approximate surface area is 212 Å². The zero-order valence-electron chi connectivity index (χ0n) is 20.1. The van der Waals surface area contributed by atoms with Gasteiger partial charge in [-0.1, -0.05) is 6.92 Å². The Morgan fingerprint density at radius 3 is 1.92 bits per heavy atom. The molecule has 3 rings (SSSR count). The van der Waals surface area contributed by atoms with E-state index in [-0.39, 0.29) is 36.8 Å². The molecule has 1 aliphatic rings. The highest BCUT2D eigenvalue weighted by atomic mass is 19.4. The summed E-state index contributed by atoms with van der Waals surface area (Å²) in [6.45, 7) is 2.17. The maximum atomic E-state index is 13.6. The normalized spacial score (nSPS) is 19.2. The number of nitrogens with zero attached hydrogens (tertiary/aromatic N) is 1. The van der Waals surface area contributed by atoms with Crippen LogP contribution in [0.1, 0.15) is 66.3 Å². The highest BCUT2D eigenvalue weighted by Gasteiger charge is 2.43. The summed E-state index contributed by atoms with van der Waals surface area (Å²) in [5.74, 6) is -2.60. The van der Waals surface area contributed by atoms with Crippen LogP contribution in [0.2, 0.25) is 0 Å². The number of carbonyl (C=O) groups excluding carboxylic acids is 1. The van der Waals surface area contributed by atoms with Crippen LogP contribution in [0, 0.1) is 0 Å². The summed E-state index contributed by atoms with van der Waals surface area (Å²) in [5.41, 5.74) is -5.06. The van der Waals surface area contributed by atoms with Gasteiger partial charge in [0.15, 0.2) is 0 Å². The van der Waals surface area contributed by atoms with Gasteiger partial charge >= 0.3 is 24.6 Å². The van der Waals surface area contributed by atoms with E-state index in [1.54, 1.807) is 6.92 Å². The van der Waals surface area contributed by atoms with E-state index >= 15 is 0 Å². The number of hydrogen-bond acceptors (Lipinski definition) is 3. The molecule has 0 aliphatic carbocycles. The molecule has 38 heavy (non-hydrogen) atoms. The highest BCUT2D eigenvalue weighted by molar-refractivity contribution is 5.90. The number of hydrogen-bond donors (Lipinski definition) is 1. The van der Waals surface area contributed by atoms with Gasteiger partial charge in [0.05, 0.1) is 35.6 Å². The molecule has 1 amide bonds. The monoisotopic (exact) mass is 557 g/mol. The lowest BCUT2D eigenvalue weighted by Gasteiger charge is -2.42. The lowest BCUT2D eigenvalue weighted by atomic mass is 9.73. The Balaban J connectivity index is 2.27. The van der Waals surface area contributed by atoms with Crippen molar-refractivity contribution in [1.29, 1.82) is 0 Å². The third kappa shape index (κ3) is 6.02. The average molecular weight is 557 g/mol. The van der Waals surface area contributed by atoms with Crippen LogP contribution in [0.15, 0.2) is 36.4 Å². The van der Waals surface area contributed by atoms with E-state index in [1.165, 1.54) is 6.92 Å². The third-order valence-corrected chi connectivity index (χ3v) is 6.56. The van der Waals surface area contributed by atoms with Crippen molar-refractivity contribution in [2.75, 3.05) is 18.1 Å². The minimum absolute atomic E-state index is 0.0268. The van der Waals surface area contributed by atoms with Crippen LogP contribution in [0.25, 0.3) is 0 Å². The molecule has 0 bridgehead atoms. The molecule has 0 radical (unpaired) electrons. The second kappa shape index (κ2) is 10.7. The van der Waals surface area contributed by atoms with Gasteiger partial charge in [0.25, 0.3) is 0 Å². The molecule has 2 unspecified atom stereocenters. The van der Waals surface area contributed by atoms with E-state index in [2.05, 4.69) is 0 Å². The fraction of sp³-hybridized carbons (Fsp3) is 0.480. The molecule has 2 aromatic rings. The van der Waals surface area contributed by atoms with E-state index in [0.717, 1.165) is 17.0 Å². The van der Waals surface area contributed by atoms with Crippen molar-refractivity contribution in [3.63, 3.8) is 0 Å². The molecule has 4 nitrogen and oxygen atoms in total. The number of amides is 1. The van der Waals surface area contributed by atoms with E-state index in [4.69, 9.17) is 4.74 Å². The number of ether oxygens (including phenoxy) is 1. The topological polar surface area (TPSA) is 49.8 Å². The van der Waals surface area contributed by atoms with Gasteiger partial charge in [-0.25, -0.2) is 4.79 Å². The summed E-state index contributed by atoms with van der Waals surface area (Å²) in [4.78, 5) is 13.9. The lowest BCUT2D eigenvalue weighted by molar-refractivity contribution is -0.143. The molecule has 0 spiro atoms. The second-order valence-electron chi connectivity index (χ2n) is 8.87. The number of anilines is 1. The van der Waals surface area contributed by atoms with Gasteiger partial charge in [-0.2, -0.15) is 39.5 Å². The molecule has 1 aliphatic heterocycles. The first kappa shape index (κ1) is 29.6. The molecular weight excluding hydrogens is 533 g/mol.